The molecule has 0 radical (unpaired) electrons. The summed E-state index contributed by atoms with van der Waals surface area (Å²) in [5.41, 5.74) is 0. The van der Waals surface area contributed by atoms with Crippen LogP contribution in [0.25, 0.3) is 0 Å². The van der Waals surface area contributed by atoms with Gasteiger partial charge in [0.1, 0.15) is 0 Å². The fourth-order valence-electron chi connectivity index (χ4n) is 3.29. The topological polar surface area (TPSA) is 52.6 Å². The van der Waals surface area contributed by atoms with Gasteiger partial charge in [-0.15, -0.1) is 0 Å². The summed E-state index contributed by atoms with van der Waals surface area (Å²) in [5.74, 6) is -0.0240. The van der Waals surface area contributed by atoms with E-state index in [0.29, 0.717) is 6.04 Å². The van der Waals surface area contributed by atoms with Gasteiger partial charge in [-0.25, -0.2) is 0 Å². The van der Waals surface area contributed by atoms with Gasteiger partial charge in [-0.3, -0.25) is 4.79 Å². The summed E-state index contributed by atoms with van der Waals surface area (Å²) >= 11 is 0. The molecule has 1 aliphatic carbocycles. The molecule has 0 aromatic heterocycles. The van der Waals surface area contributed by atoms with Crippen molar-refractivity contribution in [2.24, 2.45) is 11.8 Å². The van der Waals surface area contributed by atoms with Gasteiger partial charge in [0, 0.05) is 25.7 Å². The molecule has 2 fully saturated rings. The lowest BCUT2D eigenvalue weighted by atomic mass is 9.93. The normalized spacial score (nSPS) is 31.8. The van der Waals surface area contributed by atoms with E-state index < -0.39 is 5.97 Å². The number of carboxylic acid groups (broad SMARTS) is 1. The Morgan fingerprint density at radius 2 is 2.06 bits per heavy atom. The first-order chi connectivity index (χ1) is 8.19. The van der Waals surface area contributed by atoms with E-state index in [-0.39, 0.29) is 5.92 Å². The van der Waals surface area contributed by atoms with Crippen LogP contribution in [0.1, 0.15) is 32.1 Å². The first kappa shape index (κ1) is 12.8. The smallest absolute Gasteiger partial charge is 0.307 e. The lowest BCUT2D eigenvalue weighted by Gasteiger charge is -2.37. The molecular weight excluding hydrogens is 216 g/mol. The Morgan fingerprint density at radius 3 is 2.65 bits per heavy atom. The summed E-state index contributed by atoms with van der Waals surface area (Å²) < 4.78 is 0. The third-order valence-corrected chi connectivity index (χ3v) is 4.27. The number of hydrogen-bond acceptors (Lipinski definition) is 3. The van der Waals surface area contributed by atoms with Gasteiger partial charge < -0.3 is 15.3 Å². The molecule has 2 aliphatic rings. The molecule has 2 N–H and O–H groups in total. The zero-order valence-electron chi connectivity index (χ0n) is 10.7. The van der Waals surface area contributed by atoms with Crippen LogP contribution in [0.15, 0.2) is 0 Å². The Hall–Kier alpha value is -0.610. The van der Waals surface area contributed by atoms with E-state index in [1.54, 1.807) is 0 Å². The van der Waals surface area contributed by atoms with E-state index in [0.717, 1.165) is 32.0 Å². The summed E-state index contributed by atoms with van der Waals surface area (Å²) in [7, 11) is 1.93. The maximum atomic E-state index is 11.1. The third-order valence-electron chi connectivity index (χ3n) is 4.27. The number of likely N-dealkylation sites (tertiary alicyclic amines) is 1. The molecule has 1 heterocycles. The molecule has 1 saturated heterocycles. The SMILES string of the molecule is CNC1CC(C(=O)O)CN(CC2CCCC2)C1. The molecule has 98 valence electrons. The highest BCUT2D eigenvalue weighted by atomic mass is 16.4. The van der Waals surface area contributed by atoms with Gasteiger partial charge in [-0.2, -0.15) is 0 Å². The van der Waals surface area contributed by atoms with E-state index in [4.69, 9.17) is 0 Å². The van der Waals surface area contributed by atoms with Crippen molar-refractivity contribution in [1.82, 2.24) is 10.2 Å². The minimum absolute atomic E-state index is 0.192. The molecule has 0 spiro atoms. The number of piperidine rings is 1. The molecule has 1 aliphatic heterocycles. The Balaban J connectivity index is 1.88. The molecule has 0 aromatic carbocycles. The van der Waals surface area contributed by atoms with Gasteiger partial charge in [0.15, 0.2) is 0 Å². The van der Waals surface area contributed by atoms with Crippen LogP contribution in [-0.2, 0) is 4.79 Å². The van der Waals surface area contributed by atoms with Crippen molar-refractivity contribution in [3.05, 3.63) is 0 Å². The Kier molecular flexibility index (Phi) is 4.40. The summed E-state index contributed by atoms with van der Waals surface area (Å²) in [6.45, 7) is 2.85. The lowest BCUT2D eigenvalue weighted by molar-refractivity contribution is -0.144. The second kappa shape index (κ2) is 5.83. The van der Waals surface area contributed by atoms with Crippen molar-refractivity contribution in [3.8, 4) is 0 Å². The molecule has 4 heteroatoms. The quantitative estimate of drug-likeness (QED) is 0.774. The maximum Gasteiger partial charge on any atom is 0.307 e. The lowest BCUT2D eigenvalue weighted by Crippen LogP contribution is -2.51. The molecule has 1 saturated carbocycles. The summed E-state index contributed by atoms with van der Waals surface area (Å²) in [4.78, 5) is 13.5. The van der Waals surface area contributed by atoms with Gasteiger partial charge in [-0.05, 0) is 32.2 Å². The highest BCUT2D eigenvalue weighted by Gasteiger charge is 2.32. The largest absolute Gasteiger partial charge is 0.481 e. The second-order valence-corrected chi connectivity index (χ2v) is 5.63. The van der Waals surface area contributed by atoms with Gasteiger partial charge in [0.2, 0.25) is 0 Å². The highest BCUT2D eigenvalue weighted by Crippen LogP contribution is 2.27. The molecule has 2 unspecified atom stereocenters. The van der Waals surface area contributed by atoms with Crippen molar-refractivity contribution >= 4 is 5.97 Å². The van der Waals surface area contributed by atoms with Crippen LogP contribution < -0.4 is 5.32 Å². The molecule has 0 aromatic rings. The fraction of sp³-hybridized carbons (Fsp3) is 0.923. The van der Waals surface area contributed by atoms with Crippen LogP contribution >= 0.6 is 0 Å². The van der Waals surface area contributed by atoms with Crippen LogP contribution in [0.2, 0.25) is 0 Å². The van der Waals surface area contributed by atoms with Crippen molar-refractivity contribution < 1.29 is 9.90 Å². The van der Waals surface area contributed by atoms with Crippen molar-refractivity contribution in [3.63, 3.8) is 0 Å². The number of rotatable bonds is 4. The minimum Gasteiger partial charge on any atom is -0.481 e. The van der Waals surface area contributed by atoms with Gasteiger partial charge in [-0.1, -0.05) is 12.8 Å². The minimum atomic E-state index is -0.638. The molecule has 4 nitrogen and oxygen atoms in total. The van der Waals surface area contributed by atoms with Crippen LogP contribution in [0.4, 0.5) is 0 Å². The first-order valence-electron chi connectivity index (χ1n) is 6.81. The molecular formula is C13H24N2O2. The van der Waals surface area contributed by atoms with E-state index in [9.17, 15) is 9.90 Å². The molecule has 2 atom stereocenters. The van der Waals surface area contributed by atoms with Crippen LogP contribution in [0.3, 0.4) is 0 Å². The fourth-order valence-corrected chi connectivity index (χ4v) is 3.29. The Labute approximate surface area is 103 Å². The Bertz CT molecular complexity index is 264. The Morgan fingerprint density at radius 1 is 1.35 bits per heavy atom. The number of nitrogens with zero attached hydrogens (tertiary/aromatic N) is 1. The third kappa shape index (κ3) is 3.42. The van der Waals surface area contributed by atoms with E-state index in [1.807, 2.05) is 7.05 Å². The van der Waals surface area contributed by atoms with Crippen LogP contribution in [-0.4, -0.2) is 48.7 Å². The number of nitrogens with one attached hydrogen (secondary N) is 1. The van der Waals surface area contributed by atoms with Gasteiger partial charge in [0.05, 0.1) is 5.92 Å². The molecule has 2 rings (SSSR count). The van der Waals surface area contributed by atoms with E-state index >= 15 is 0 Å². The maximum absolute atomic E-state index is 11.1. The van der Waals surface area contributed by atoms with Gasteiger partial charge in [0.25, 0.3) is 0 Å². The zero-order valence-corrected chi connectivity index (χ0v) is 10.7. The summed E-state index contributed by atoms with van der Waals surface area (Å²) in [6.07, 6.45) is 6.15. The average Bonchev–Trinajstić information content (AvgIpc) is 2.81. The number of carboxylic acids is 1. The van der Waals surface area contributed by atoms with Crippen molar-refractivity contribution in [1.29, 1.82) is 0 Å². The van der Waals surface area contributed by atoms with E-state index in [2.05, 4.69) is 10.2 Å². The molecule has 17 heavy (non-hydrogen) atoms. The molecule has 0 bridgehead atoms. The van der Waals surface area contributed by atoms with Crippen LogP contribution in [0, 0.1) is 11.8 Å². The predicted octanol–water partition coefficient (Wildman–Crippen LogP) is 1.17. The first-order valence-corrected chi connectivity index (χ1v) is 6.81. The monoisotopic (exact) mass is 240 g/mol. The standard InChI is InChI=1S/C13H24N2O2/c1-14-12-6-11(13(16)17)8-15(9-12)7-10-4-2-3-5-10/h10-12,14H,2-9H2,1H3,(H,16,17). The number of likely N-dealkylation sites (N-methyl/N-ethyl adjacent to an activating group) is 1. The molecule has 0 amide bonds. The van der Waals surface area contributed by atoms with Crippen LogP contribution in [0.5, 0.6) is 0 Å². The zero-order chi connectivity index (χ0) is 12.3. The number of hydrogen-bond donors (Lipinski definition) is 2. The van der Waals surface area contributed by atoms with Gasteiger partial charge >= 0.3 is 5.97 Å². The van der Waals surface area contributed by atoms with Crippen molar-refractivity contribution in [2.75, 3.05) is 26.7 Å². The average molecular weight is 240 g/mol. The summed E-state index contributed by atoms with van der Waals surface area (Å²) in [6, 6.07) is 0.339. The second-order valence-electron chi connectivity index (χ2n) is 5.63. The number of aliphatic carboxylic acids is 1. The highest BCUT2D eigenvalue weighted by molar-refractivity contribution is 5.70. The van der Waals surface area contributed by atoms with E-state index in [1.165, 1.54) is 25.7 Å². The number of carbonyl (C=O) groups is 1. The van der Waals surface area contributed by atoms with Crippen molar-refractivity contribution in [2.45, 2.75) is 38.1 Å². The summed E-state index contributed by atoms with van der Waals surface area (Å²) in [5, 5.41) is 12.4. The predicted molar refractivity (Wildman–Crippen MR) is 67.0 cm³/mol.